The van der Waals surface area contributed by atoms with Gasteiger partial charge in [-0.3, -0.25) is 29.4 Å². The summed E-state index contributed by atoms with van der Waals surface area (Å²) in [5.74, 6) is -2.65. The van der Waals surface area contributed by atoms with Gasteiger partial charge in [-0.05, 0) is 48.4 Å². The van der Waals surface area contributed by atoms with E-state index in [2.05, 4.69) is 21.8 Å². The fraction of sp³-hybridized carbons (Fsp3) is 0.371. The van der Waals surface area contributed by atoms with E-state index in [4.69, 9.17) is 14.6 Å². The molecule has 2 aromatic carbocycles. The molecule has 13 nitrogen and oxygen atoms in total. The number of aromatic nitrogens is 1. The summed E-state index contributed by atoms with van der Waals surface area (Å²) >= 11 is 2.84. The molecule has 4 amide bonds. The number of carboxylic acid groups (broad SMARTS) is 1. The van der Waals surface area contributed by atoms with Crippen molar-refractivity contribution in [2.24, 2.45) is 0 Å². The zero-order valence-corrected chi connectivity index (χ0v) is 30.9. The first-order chi connectivity index (χ1) is 25.1. The predicted molar refractivity (Wildman–Crippen MR) is 192 cm³/mol. The summed E-state index contributed by atoms with van der Waals surface area (Å²) in [6.45, 7) is 12.7. The van der Waals surface area contributed by atoms with Gasteiger partial charge < -0.3 is 24.5 Å². The highest BCUT2D eigenvalue weighted by molar-refractivity contribution is 8.01. The van der Waals surface area contributed by atoms with Crippen molar-refractivity contribution in [3.63, 3.8) is 0 Å². The molecule has 3 aromatic rings. The molecular formula is C35H39F3N6O7S2. The zero-order valence-electron chi connectivity index (χ0n) is 29.3. The van der Waals surface area contributed by atoms with Crippen molar-refractivity contribution >= 4 is 57.8 Å². The summed E-state index contributed by atoms with van der Waals surface area (Å²) in [4.78, 5) is 71.7. The molecule has 0 atom stereocenters. The second kappa shape index (κ2) is 18.2. The third-order valence-corrected chi connectivity index (χ3v) is 10.6. The van der Waals surface area contributed by atoms with Gasteiger partial charge in [-0.25, -0.2) is 9.78 Å². The number of thiazole rings is 1. The molecule has 18 heteroatoms. The molecule has 3 heterocycles. The van der Waals surface area contributed by atoms with E-state index in [-0.39, 0.29) is 23.6 Å². The first-order valence-electron chi connectivity index (χ1n) is 16.3. The van der Waals surface area contributed by atoms with Crippen LogP contribution in [0.5, 0.6) is 5.75 Å². The number of anilines is 1. The second-order valence-electron chi connectivity index (χ2n) is 12.0. The maximum atomic E-state index is 13.5. The minimum absolute atomic E-state index is 0.0120. The van der Waals surface area contributed by atoms with Crippen LogP contribution in [0, 0.1) is 6.92 Å². The number of methoxy groups -OCH3 is 1. The van der Waals surface area contributed by atoms with Gasteiger partial charge in [-0.15, -0.1) is 0 Å². The van der Waals surface area contributed by atoms with Crippen LogP contribution in [-0.4, -0.2) is 125 Å². The van der Waals surface area contributed by atoms with Crippen molar-refractivity contribution in [2.45, 2.75) is 35.7 Å². The molecular weight excluding hydrogens is 738 g/mol. The van der Waals surface area contributed by atoms with E-state index in [0.717, 1.165) is 39.9 Å². The number of halogens is 3. The third kappa shape index (κ3) is 11.3. The second-order valence-corrected chi connectivity index (χ2v) is 14.3. The maximum Gasteiger partial charge on any atom is 0.490 e. The monoisotopic (exact) mass is 776 g/mol. The summed E-state index contributed by atoms with van der Waals surface area (Å²) in [6, 6.07) is 11.2. The van der Waals surface area contributed by atoms with Gasteiger partial charge in [0, 0.05) is 76.3 Å². The number of alkyl halides is 3. The number of aliphatic carboxylic acids is 1. The minimum atomic E-state index is -5.08. The highest BCUT2D eigenvalue weighted by atomic mass is 32.2. The molecule has 0 aliphatic carbocycles. The number of carboxylic acids is 1. The third-order valence-electron chi connectivity index (χ3n) is 8.38. The lowest BCUT2D eigenvalue weighted by molar-refractivity contribution is -0.192. The van der Waals surface area contributed by atoms with E-state index < -0.39 is 12.1 Å². The predicted octanol–water partition coefficient (Wildman–Crippen LogP) is 4.63. The van der Waals surface area contributed by atoms with Crippen LogP contribution in [0.25, 0.3) is 0 Å². The molecule has 53 heavy (non-hydrogen) atoms. The molecule has 2 fully saturated rings. The van der Waals surface area contributed by atoms with Crippen molar-refractivity contribution in [2.75, 3.05) is 64.8 Å². The van der Waals surface area contributed by atoms with Crippen LogP contribution >= 0.6 is 23.1 Å². The highest BCUT2D eigenvalue weighted by Crippen LogP contribution is 2.38. The fourth-order valence-electron chi connectivity index (χ4n) is 5.42. The van der Waals surface area contributed by atoms with Gasteiger partial charge in [0.05, 0.1) is 23.1 Å². The number of carbonyl (C=O) groups excluding carboxylic acids is 4. The molecule has 2 aliphatic rings. The smallest absolute Gasteiger partial charge is 0.490 e. The number of ether oxygens (including phenoxy) is 1. The van der Waals surface area contributed by atoms with Gasteiger partial charge in [-0.2, -0.15) is 13.2 Å². The standard InChI is InChI=1S/C33H38N6O5S2.C2HF3O2/c1-5-29(41)38-12-10-36(11-13-38)21-24-6-8-25(9-7-24)31(42)35-33-34-20-30(46-33)45-28-19-26(27(44-4)18-22(28)2)32(43)39-16-14-37(15-17-39)23(3)40;3-2(4,5)1(6)7/h5-9,18-20H,1,10-17,21H2,2-4H3,(H,34,35,42);(H,6,7). The topological polar surface area (TPSA) is 153 Å². The SMILES string of the molecule is C=CC(=O)N1CCN(Cc2ccc(C(=O)Nc3ncc(Sc4cc(C(=O)N5CCN(C(C)=O)CC5)c(OC)cc4C)s3)cc2)CC1.O=C(O)C(F)(F)F. The number of nitrogens with one attached hydrogen (secondary N) is 1. The zero-order chi connectivity index (χ0) is 38.9. The molecule has 2 saturated heterocycles. The summed E-state index contributed by atoms with van der Waals surface area (Å²) < 4.78 is 38.2. The quantitative estimate of drug-likeness (QED) is 0.295. The first kappa shape index (κ1) is 40.8. The van der Waals surface area contributed by atoms with Gasteiger partial charge in [-0.1, -0.05) is 41.8 Å². The summed E-state index contributed by atoms with van der Waals surface area (Å²) in [5, 5.41) is 10.5. The molecule has 5 rings (SSSR count). The van der Waals surface area contributed by atoms with Gasteiger partial charge >= 0.3 is 12.1 Å². The highest BCUT2D eigenvalue weighted by Gasteiger charge is 2.38. The Labute approximate surface area is 312 Å². The molecule has 284 valence electrons. The van der Waals surface area contributed by atoms with Crippen molar-refractivity contribution in [3.05, 3.63) is 77.5 Å². The average molecular weight is 777 g/mol. The fourth-order valence-corrected chi connectivity index (χ4v) is 7.36. The largest absolute Gasteiger partial charge is 0.496 e. The van der Waals surface area contributed by atoms with Crippen LogP contribution in [0.15, 0.2) is 64.4 Å². The summed E-state index contributed by atoms with van der Waals surface area (Å²) in [5.41, 5.74) is 3.05. The lowest BCUT2D eigenvalue weighted by atomic mass is 10.1. The number of aryl methyl sites for hydroxylation is 1. The van der Waals surface area contributed by atoms with E-state index >= 15 is 0 Å². The van der Waals surface area contributed by atoms with E-state index in [0.29, 0.717) is 61.3 Å². The Morgan fingerprint density at radius 2 is 1.57 bits per heavy atom. The van der Waals surface area contributed by atoms with Crippen molar-refractivity contribution in [1.82, 2.24) is 24.6 Å². The minimum Gasteiger partial charge on any atom is -0.496 e. The molecule has 1 aromatic heterocycles. The summed E-state index contributed by atoms with van der Waals surface area (Å²) in [6.07, 6.45) is -2.02. The van der Waals surface area contributed by atoms with Crippen LogP contribution < -0.4 is 10.1 Å². The Balaban J connectivity index is 0.000000815. The molecule has 0 radical (unpaired) electrons. The van der Waals surface area contributed by atoms with E-state index in [9.17, 15) is 32.3 Å². The van der Waals surface area contributed by atoms with Crippen molar-refractivity contribution < 1.29 is 47.0 Å². The Morgan fingerprint density at radius 1 is 0.981 bits per heavy atom. The van der Waals surface area contributed by atoms with Crippen LogP contribution in [0.3, 0.4) is 0 Å². The lowest BCUT2D eigenvalue weighted by Crippen LogP contribution is -2.50. The van der Waals surface area contributed by atoms with E-state index in [1.165, 1.54) is 29.2 Å². The van der Waals surface area contributed by atoms with Crippen LogP contribution in [0.1, 0.15) is 38.8 Å². The molecule has 0 unspecified atom stereocenters. The Morgan fingerprint density at radius 3 is 2.11 bits per heavy atom. The number of hydrogen-bond donors (Lipinski definition) is 2. The van der Waals surface area contributed by atoms with Crippen molar-refractivity contribution in [3.8, 4) is 5.75 Å². The lowest BCUT2D eigenvalue weighted by Gasteiger charge is -2.34. The number of benzene rings is 2. The van der Waals surface area contributed by atoms with Gasteiger partial charge in [0.25, 0.3) is 11.8 Å². The van der Waals surface area contributed by atoms with Gasteiger partial charge in [0.2, 0.25) is 11.8 Å². The van der Waals surface area contributed by atoms with Crippen LogP contribution in [-0.2, 0) is 20.9 Å². The number of piperazine rings is 2. The normalized spacial score (nSPS) is 14.9. The Hall–Kier alpha value is -4.94. The Kier molecular flexibility index (Phi) is 14.0. The van der Waals surface area contributed by atoms with Gasteiger partial charge in [0.1, 0.15) is 5.75 Å². The Bertz CT molecular complexity index is 1820. The van der Waals surface area contributed by atoms with Crippen LogP contribution in [0.4, 0.5) is 18.3 Å². The maximum absolute atomic E-state index is 13.5. The number of nitrogens with zero attached hydrogens (tertiary/aromatic N) is 5. The number of carbonyl (C=O) groups is 5. The molecule has 0 spiro atoms. The van der Waals surface area contributed by atoms with Gasteiger partial charge in [0.15, 0.2) is 5.13 Å². The van der Waals surface area contributed by atoms with Crippen LogP contribution in [0.2, 0.25) is 0 Å². The molecule has 2 aliphatic heterocycles. The molecule has 0 bridgehead atoms. The average Bonchev–Trinajstić information content (AvgIpc) is 3.58. The molecule has 2 N–H and O–H groups in total. The molecule has 0 saturated carbocycles. The van der Waals surface area contributed by atoms with E-state index in [1.54, 1.807) is 34.9 Å². The number of rotatable bonds is 9. The number of hydrogen-bond acceptors (Lipinski definition) is 10. The number of amides is 4. The van der Waals surface area contributed by atoms with Crippen molar-refractivity contribution in [1.29, 1.82) is 0 Å². The summed E-state index contributed by atoms with van der Waals surface area (Å²) in [7, 11) is 1.55. The van der Waals surface area contributed by atoms with E-state index in [1.807, 2.05) is 43.3 Å². The first-order valence-corrected chi connectivity index (χ1v) is 17.9.